The number of hydrogen-bond donors (Lipinski definition) is 1. The summed E-state index contributed by atoms with van der Waals surface area (Å²) in [7, 11) is 3.54. The molecule has 110 valence electrons. The molecule has 0 aliphatic heterocycles. The minimum atomic E-state index is -0.0124. The van der Waals surface area contributed by atoms with E-state index in [2.05, 4.69) is 33.0 Å². The van der Waals surface area contributed by atoms with E-state index >= 15 is 0 Å². The SMILES string of the molecule is CCCC(C)(CCC(C)(C)OC)CNCCOC. The fourth-order valence-corrected chi connectivity index (χ4v) is 2.17. The van der Waals surface area contributed by atoms with Gasteiger partial charge in [-0.15, -0.1) is 0 Å². The molecule has 0 rings (SSSR count). The molecule has 0 amide bonds. The van der Waals surface area contributed by atoms with E-state index < -0.39 is 0 Å². The highest BCUT2D eigenvalue weighted by atomic mass is 16.5. The molecule has 0 aliphatic carbocycles. The van der Waals surface area contributed by atoms with Crippen LogP contribution in [0.4, 0.5) is 0 Å². The van der Waals surface area contributed by atoms with Gasteiger partial charge in [0.25, 0.3) is 0 Å². The minimum absolute atomic E-state index is 0.0124. The van der Waals surface area contributed by atoms with Crippen LogP contribution >= 0.6 is 0 Å². The molecular weight excluding hydrogens is 226 g/mol. The van der Waals surface area contributed by atoms with Crippen LogP contribution in [-0.2, 0) is 9.47 Å². The van der Waals surface area contributed by atoms with E-state index in [1.165, 1.54) is 19.3 Å². The van der Waals surface area contributed by atoms with E-state index in [-0.39, 0.29) is 5.60 Å². The maximum atomic E-state index is 5.51. The van der Waals surface area contributed by atoms with E-state index in [9.17, 15) is 0 Å². The van der Waals surface area contributed by atoms with Crippen LogP contribution < -0.4 is 5.32 Å². The van der Waals surface area contributed by atoms with Crippen molar-refractivity contribution in [1.29, 1.82) is 0 Å². The van der Waals surface area contributed by atoms with Crippen LogP contribution in [-0.4, -0.2) is 39.5 Å². The topological polar surface area (TPSA) is 30.5 Å². The van der Waals surface area contributed by atoms with Gasteiger partial charge in [0.2, 0.25) is 0 Å². The lowest BCUT2D eigenvalue weighted by atomic mass is 9.78. The van der Waals surface area contributed by atoms with Crippen molar-refractivity contribution in [1.82, 2.24) is 5.32 Å². The summed E-state index contributed by atoms with van der Waals surface area (Å²) in [6, 6.07) is 0. The number of ether oxygens (including phenoxy) is 2. The van der Waals surface area contributed by atoms with Gasteiger partial charge >= 0.3 is 0 Å². The Morgan fingerprint density at radius 3 is 2.17 bits per heavy atom. The normalized spacial score (nSPS) is 15.7. The predicted molar refractivity (Wildman–Crippen MR) is 78.1 cm³/mol. The summed E-state index contributed by atoms with van der Waals surface area (Å²) in [6.45, 7) is 11.7. The van der Waals surface area contributed by atoms with Crippen LogP contribution in [0.1, 0.15) is 53.4 Å². The highest BCUT2D eigenvalue weighted by molar-refractivity contribution is 4.80. The number of methoxy groups -OCH3 is 2. The van der Waals surface area contributed by atoms with Gasteiger partial charge in [-0.3, -0.25) is 0 Å². The Labute approximate surface area is 114 Å². The summed E-state index contributed by atoms with van der Waals surface area (Å²) in [6.07, 6.45) is 4.79. The molecule has 1 unspecified atom stereocenters. The van der Waals surface area contributed by atoms with Gasteiger partial charge < -0.3 is 14.8 Å². The Kier molecular flexibility index (Phi) is 8.83. The van der Waals surface area contributed by atoms with E-state index in [0.29, 0.717) is 5.41 Å². The largest absolute Gasteiger partial charge is 0.383 e. The molecule has 18 heavy (non-hydrogen) atoms. The van der Waals surface area contributed by atoms with E-state index in [1.807, 2.05) is 0 Å². The second kappa shape index (κ2) is 8.89. The predicted octanol–water partition coefficient (Wildman–Crippen LogP) is 3.23. The number of nitrogens with one attached hydrogen (secondary N) is 1. The Bertz CT molecular complexity index is 207. The average Bonchev–Trinajstić information content (AvgIpc) is 2.33. The maximum absolute atomic E-state index is 5.51. The van der Waals surface area contributed by atoms with Crippen molar-refractivity contribution < 1.29 is 9.47 Å². The van der Waals surface area contributed by atoms with Crippen molar-refractivity contribution in [3.05, 3.63) is 0 Å². The molecule has 0 aromatic rings. The third-order valence-corrected chi connectivity index (χ3v) is 3.77. The molecule has 1 N–H and O–H groups in total. The molecule has 0 radical (unpaired) electrons. The number of rotatable bonds is 11. The standard InChI is InChI=1S/C15H33NO2/c1-7-8-15(4,13-16-11-12-17-5)10-9-14(2,3)18-6/h16H,7-13H2,1-6H3. The Hall–Kier alpha value is -0.120. The summed E-state index contributed by atoms with van der Waals surface area (Å²) >= 11 is 0. The second-order valence-electron chi connectivity index (χ2n) is 6.19. The summed E-state index contributed by atoms with van der Waals surface area (Å²) in [5.41, 5.74) is 0.347. The van der Waals surface area contributed by atoms with Gasteiger partial charge in [-0.2, -0.15) is 0 Å². The van der Waals surface area contributed by atoms with Gasteiger partial charge in [0.05, 0.1) is 12.2 Å². The molecule has 1 atom stereocenters. The number of hydrogen-bond acceptors (Lipinski definition) is 3. The van der Waals surface area contributed by atoms with E-state index in [0.717, 1.165) is 26.1 Å². The molecule has 0 saturated heterocycles. The lowest BCUT2D eigenvalue weighted by molar-refractivity contribution is 0.00378. The van der Waals surface area contributed by atoms with Crippen molar-refractivity contribution in [2.75, 3.05) is 33.9 Å². The first-order valence-corrected chi connectivity index (χ1v) is 7.14. The first kappa shape index (κ1) is 17.9. The fraction of sp³-hybridized carbons (Fsp3) is 1.00. The van der Waals surface area contributed by atoms with Crippen molar-refractivity contribution in [2.45, 2.75) is 59.0 Å². The first-order chi connectivity index (χ1) is 8.39. The minimum Gasteiger partial charge on any atom is -0.383 e. The van der Waals surface area contributed by atoms with Crippen molar-refractivity contribution in [2.24, 2.45) is 5.41 Å². The quantitative estimate of drug-likeness (QED) is 0.578. The second-order valence-corrected chi connectivity index (χ2v) is 6.19. The maximum Gasteiger partial charge on any atom is 0.0623 e. The van der Waals surface area contributed by atoms with Gasteiger partial charge in [0.1, 0.15) is 0 Å². The first-order valence-electron chi connectivity index (χ1n) is 7.14. The third kappa shape index (κ3) is 8.06. The van der Waals surface area contributed by atoms with E-state index in [1.54, 1.807) is 14.2 Å². The lowest BCUT2D eigenvalue weighted by Crippen LogP contribution is -2.35. The van der Waals surface area contributed by atoms with Gasteiger partial charge in [-0.1, -0.05) is 20.3 Å². The lowest BCUT2D eigenvalue weighted by Gasteiger charge is -2.33. The van der Waals surface area contributed by atoms with Crippen molar-refractivity contribution in [3.8, 4) is 0 Å². The van der Waals surface area contributed by atoms with Crippen molar-refractivity contribution in [3.63, 3.8) is 0 Å². The molecule has 3 heteroatoms. The Morgan fingerprint density at radius 1 is 1.00 bits per heavy atom. The Balaban J connectivity index is 4.15. The molecule has 0 bridgehead atoms. The van der Waals surface area contributed by atoms with Crippen molar-refractivity contribution >= 4 is 0 Å². The van der Waals surface area contributed by atoms with Gasteiger partial charge in [-0.05, 0) is 38.5 Å². The van der Waals surface area contributed by atoms with Gasteiger partial charge in [-0.25, -0.2) is 0 Å². The molecule has 3 nitrogen and oxygen atoms in total. The summed E-state index contributed by atoms with van der Waals surface area (Å²) in [5.74, 6) is 0. The zero-order chi connectivity index (χ0) is 14.1. The molecule has 0 aliphatic rings. The summed E-state index contributed by atoms with van der Waals surface area (Å²) < 4.78 is 10.6. The molecule has 0 aromatic heterocycles. The van der Waals surface area contributed by atoms with Gasteiger partial charge in [0, 0.05) is 27.3 Å². The van der Waals surface area contributed by atoms with Crippen LogP contribution in [0.15, 0.2) is 0 Å². The van der Waals surface area contributed by atoms with Crippen LogP contribution in [0.2, 0.25) is 0 Å². The highest BCUT2D eigenvalue weighted by Crippen LogP contribution is 2.32. The van der Waals surface area contributed by atoms with Gasteiger partial charge in [0.15, 0.2) is 0 Å². The highest BCUT2D eigenvalue weighted by Gasteiger charge is 2.27. The van der Waals surface area contributed by atoms with Crippen LogP contribution in [0.25, 0.3) is 0 Å². The molecule has 0 aromatic carbocycles. The fourth-order valence-electron chi connectivity index (χ4n) is 2.17. The molecule has 0 spiro atoms. The molecule has 0 heterocycles. The molecule has 0 fully saturated rings. The van der Waals surface area contributed by atoms with Crippen LogP contribution in [0.3, 0.4) is 0 Å². The Morgan fingerprint density at radius 2 is 1.67 bits per heavy atom. The summed E-state index contributed by atoms with van der Waals surface area (Å²) in [5, 5.41) is 3.50. The zero-order valence-corrected chi connectivity index (χ0v) is 13.3. The van der Waals surface area contributed by atoms with E-state index in [4.69, 9.17) is 9.47 Å². The average molecular weight is 259 g/mol. The summed E-state index contributed by atoms with van der Waals surface area (Å²) in [4.78, 5) is 0. The van der Waals surface area contributed by atoms with Crippen LogP contribution in [0, 0.1) is 5.41 Å². The zero-order valence-electron chi connectivity index (χ0n) is 13.3. The van der Waals surface area contributed by atoms with Crippen LogP contribution in [0.5, 0.6) is 0 Å². The monoisotopic (exact) mass is 259 g/mol. The molecular formula is C15H33NO2. The third-order valence-electron chi connectivity index (χ3n) is 3.77. The smallest absolute Gasteiger partial charge is 0.0623 e. The molecule has 0 saturated carbocycles.